The molecule has 0 radical (unpaired) electrons. The fraction of sp³-hybridized carbons (Fsp3) is 0.286. The van der Waals surface area contributed by atoms with Gasteiger partial charge in [0.25, 0.3) is 5.91 Å². The van der Waals surface area contributed by atoms with Crippen LogP contribution in [0.15, 0.2) is 29.8 Å². The van der Waals surface area contributed by atoms with Crippen molar-refractivity contribution in [3.8, 4) is 0 Å². The number of nitrogens with zero attached hydrogens (tertiary/aromatic N) is 1. The van der Waals surface area contributed by atoms with E-state index in [0.29, 0.717) is 11.4 Å². The first-order chi connectivity index (χ1) is 9.20. The summed E-state index contributed by atoms with van der Waals surface area (Å²) in [5.41, 5.74) is 4.49. The molecule has 1 aromatic heterocycles. The van der Waals surface area contributed by atoms with E-state index in [-0.39, 0.29) is 12.5 Å². The molecule has 2 rings (SSSR count). The van der Waals surface area contributed by atoms with Crippen LogP contribution >= 0.6 is 11.3 Å². The number of aromatic nitrogens is 1. The first kappa shape index (κ1) is 13.7. The lowest BCUT2D eigenvalue weighted by Gasteiger charge is -2.05. The predicted octanol–water partition coefficient (Wildman–Crippen LogP) is 1.92. The molecule has 0 unspecified atom stereocenters. The third kappa shape index (κ3) is 3.62. The highest BCUT2D eigenvalue weighted by molar-refractivity contribution is 7.11. The van der Waals surface area contributed by atoms with Crippen molar-refractivity contribution in [1.82, 2.24) is 10.3 Å². The van der Waals surface area contributed by atoms with E-state index in [1.807, 2.05) is 31.2 Å². The number of nitrogens with one attached hydrogen (secondary N) is 1. The van der Waals surface area contributed by atoms with Gasteiger partial charge in [0.05, 0.1) is 17.8 Å². The summed E-state index contributed by atoms with van der Waals surface area (Å²) in [7, 11) is 0. The number of rotatable bonds is 5. The first-order valence-electron chi connectivity index (χ1n) is 6.07. The zero-order valence-corrected chi connectivity index (χ0v) is 11.5. The lowest BCUT2D eigenvalue weighted by molar-refractivity contribution is 0.0957. The van der Waals surface area contributed by atoms with Crippen molar-refractivity contribution in [2.45, 2.75) is 20.0 Å². The Hall–Kier alpha value is -1.72. The zero-order valence-electron chi connectivity index (χ0n) is 10.7. The second-order valence-electron chi connectivity index (χ2n) is 4.25. The fourth-order valence-corrected chi connectivity index (χ4v) is 2.45. The standard InChI is InChI=1S/C14H16N2O2S/c1-10-13(19-9-16-10)14(18)15-7-6-11-2-4-12(8-17)5-3-11/h2-5,9,17H,6-8H2,1H3,(H,15,18). The molecule has 19 heavy (non-hydrogen) atoms. The highest BCUT2D eigenvalue weighted by atomic mass is 32.1. The predicted molar refractivity (Wildman–Crippen MR) is 75.3 cm³/mol. The number of hydrogen-bond donors (Lipinski definition) is 2. The van der Waals surface area contributed by atoms with Gasteiger partial charge in [-0.05, 0) is 24.5 Å². The van der Waals surface area contributed by atoms with E-state index in [9.17, 15) is 4.79 Å². The lowest BCUT2D eigenvalue weighted by Crippen LogP contribution is -2.25. The van der Waals surface area contributed by atoms with E-state index in [4.69, 9.17) is 5.11 Å². The van der Waals surface area contributed by atoms with Crippen molar-refractivity contribution in [3.63, 3.8) is 0 Å². The summed E-state index contributed by atoms with van der Waals surface area (Å²) < 4.78 is 0. The van der Waals surface area contributed by atoms with Crippen LogP contribution in [0.5, 0.6) is 0 Å². The summed E-state index contributed by atoms with van der Waals surface area (Å²) in [5, 5.41) is 11.8. The third-order valence-corrected chi connectivity index (χ3v) is 3.78. The van der Waals surface area contributed by atoms with Crippen molar-refractivity contribution in [3.05, 3.63) is 51.5 Å². The summed E-state index contributed by atoms with van der Waals surface area (Å²) in [6, 6.07) is 7.72. The monoisotopic (exact) mass is 276 g/mol. The van der Waals surface area contributed by atoms with Crippen molar-refractivity contribution in [2.75, 3.05) is 6.54 Å². The largest absolute Gasteiger partial charge is 0.392 e. The second-order valence-corrected chi connectivity index (χ2v) is 5.10. The van der Waals surface area contributed by atoms with Crippen LogP contribution in [0, 0.1) is 6.92 Å². The van der Waals surface area contributed by atoms with Crippen LogP contribution in [-0.2, 0) is 13.0 Å². The zero-order chi connectivity index (χ0) is 13.7. The van der Waals surface area contributed by atoms with Gasteiger partial charge in [-0.3, -0.25) is 4.79 Å². The number of carbonyl (C=O) groups excluding carboxylic acids is 1. The SMILES string of the molecule is Cc1ncsc1C(=O)NCCc1ccc(CO)cc1. The van der Waals surface area contributed by atoms with Gasteiger partial charge in [-0.25, -0.2) is 4.98 Å². The van der Waals surface area contributed by atoms with Gasteiger partial charge in [-0.1, -0.05) is 24.3 Å². The number of aliphatic hydroxyl groups excluding tert-OH is 1. The average Bonchev–Trinajstić information content (AvgIpc) is 2.86. The van der Waals surface area contributed by atoms with Crippen LogP contribution in [0.25, 0.3) is 0 Å². The smallest absolute Gasteiger partial charge is 0.263 e. The third-order valence-electron chi connectivity index (χ3n) is 2.86. The Morgan fingerprint density at radius 2 is 2.00 bits per heavy atom. The van der Waals surface area contributed by atoms with Gasteiger partial charge in [0, 0.05) is 6.54 Å². The van der Waals surface area contributed by atoms with Crippen LogP contribution < -0.4 is 5.32 Å². The molecule has 0 aliphatic carbocycles. The average molecular weight is 276 g/mol. The molecule has 2 N–H and O–H groups in total. The number of hydrogen-bond acceptors (Lipinski definition) is 4. The molecule has 0 atom stereocenters. The van der Waals surface area contributed by atoms with E-state index >= 15 is 0 Å². The van der Waals surface area contributed by atoms with Crippen molar-refractivity contribution in [1.29, 1.82) is 0 Å². The van der Waals surface area contributed by atoms with E-state index in [0.717, 1.165) is 23.2 Å². The molecule has 1 heterocycles. The Balaban J connectivity index is 1.83. The Morgan fingerprint density at radius 1 is 1.32 bits per heavy atom. The van der Waals surface area contributed by atoms with Crippen LogP contribution in [0.2, 0.25) is 0 Å². The number of amides is 1. The fourth-order valence-electron chi connectivity index (χ4n) is 1.73. The number of aliphatic hydroxyl groups is 1. The van der Waals surface area contributed by atoms with Crippen molar-refractivity contribution < 1.29 is 9.90 Å². The first-order valence-corrected chi connectivity index (χ1v) is 6.95. The topological polar surface area (TPSA) is 62.2 Å². The molecule has 4 nitrogen and oxygen atoms in total. The minimum absolute atomic E-state index is 0.0572. The number of benzene rings is 1. The summed E-state index contributed by atoms with van der Waals surface area (Å²) in [4.78, 5) is 16.6. The van der Waals surface area contributed by atoms with Crippen LogP contribution in [0.4, 0.5) is 0 Å². The molecule has 0 aliphatic rings. The number of thiazole rings is 1. The summed E-state index contributed by atoms with van der Waals surface area (Å²) in [6.45, 7) is 2.48. The van der Waals surface area contributed by atoms with Gasteiger partial charge >= 0.3 is 0 Å². The molecular formula is C14H16N2O2S. The normalized spacial score (nSPS) is 10.4. The molecule has 2 aromatic rings. The second kappa shape index (κ2) is 6.45. The van der Waals surface area contributed by atoms with Gasteiger partial charge in [-0.2, -0.15) is 0 Å². The van der Waals surface area contributed by atoms with Gasteiger partial charge in [0.1, 0.15) is 4.88 Å². The maximum Gasteiger partial charge on any atom is 0.263 e. The molecule has 5 heteroatoms. The van der Waals surface area contributed by atoms with Gasteiger partial charge < -0.3 is 10.4 Å². The lowest BCUT2D eigenvalue weighted by atomic mass is 10.1. The minimum atomic E-state index is -0.0630. The molecule has 0 aliphatic heterocycles. The van der Waals surface area contributed by atoms with Crippen LogP contribution in [0.3, 0.4) is 0 Å². The highest BCUT2D eigenvalue weighted by Gasteiger charge is 2.10. The molecule has 0 saturated heterocycles. The van der Waals surface area contributed by atoms with Gasteiger partial charge in [0.2, 0.25) is 0 Å². The number of carbonyl (C=O) groups is 1. The van der Waals surface area contributed by atoms with E-state index in [1.165, 1.54) is 11.3 Å². The Morgan fingerprint density at radius 3 is 2.58 bits per heavy atom. The van der Waals surface area contributed by atoms with Crippen LogP contribution in [-0.4, -0.2) is 22.5 Å². The molecule has 0 fully saturated rings. The Kier molecular flexibility index (Phi) is 4.65. The molecule has 0 saturated carbocycles. The summed E-state index contributed by atoms with van der Waals surface area (Å²) in [5.74, 6) is -0.0630. The van der Waals surface area contributed by atoms with E-state index < -0.39 is 0 Å². The number of aryl methyl sites for hydroxylation is 1. The quantitative estimate of drug-likeness (QED) is 0.877. The summed E-state index contributed by atoms with van der Waals surface area (Å²) in [6.07, 6.45) is 0.773. The van der Waals surface area contributed by atoms with E-state index in [1.54, 1.807) is 5.51 Å². The van der Waals surface area contributed by atoms with Crippen molar-refractivity contribution >= 4 is 17.2 Å². The maximum atomic E-state index is 11.8. The van der Waals surface area contributed by atoms with Gasteiger partial charge in [-0.15, -0.1) is 11.3 Å². The Bertz CT molecular complexity index is 549. The molecule has 1 amide bonds. The molecule has 0 spiro atoms. The highest BCUT2D eigenvalue weighted by Crippen LogP contribution is 2.11. The molecule has 0 bridgehead atoms. The Labute approximate surface area is 116 Å². The van der Waals surface area contributed by atoms with Gasteiger partial charge in [0.15, 0.2) is 0 Å². The van der Waals surface area contributed by atoms with Crippen LogP contribution in [0.1, 0.15) is 26.5 Å². The molecular weight excluding hydrogens is 260 g/mol. The molecule has 1 aromatic carbocycles. The minimum Gasteiger partial charge on any atom is -0.392 e. The molecule has 100 valence electrons. The van der Waals surface area contributed by atoms with E-state index in [2.05, 4.69) is 10.3 Å². The maximum absolute atomic E-state index is 11.8. The van der Waals surface area contributed by atoms with Crippen molar-refractivity contribution in [2.24, 2.45) is 0 Å². The summed E-state index contributed by atoms with van der Waals surface area (Å²) >= 11 is 1.36.